The minimum atomic E-state index is -0.437. The number of aryl methyl sites for hydroxylation is 1. The van der Waals surface area contributed by atoms with E-state index in [9.17, 15) is 14.4 Å². The van der Waals surface area contributed by atoms with E-state index in [2.05, 4.69) is 83.2 Å². The molecule has 0 saturated heterocycles. The van der Waals surface area contributed by atoms with Crippen molar-refractivity contribution in [2.24, 2.45) is 18.9 Å². The van der Waals surface area contributed by atoms with E-state index in [1.165, 1.54) is 11.8 Å². The highest BCUT2D eigenvalue weighted by Crippen LogP contribution is 2.42. The number of allylic oxidation sites excluding steroid dienone is 1. The average molecular weight is 621 g/mol. The molecule has 2 heterocycles. The number of hydrogen-bond donors (Lipinski definition) is 5. The van der Waals surface area contributed by atoms with Gasteiger partial charge in [-0.25, -0.2) is 4.98 Å². The van der Waals surface area contributed by atoms with Gasteiger partial charge >= 0.3 is 0 Å². The first-order valence-corrected chi connectivity index (χ1v) is 16.0. The molecule has 246 valence electrons. The van der Waals surface area contributed by atoms with Crippen LogP contribution in [0.4, 0.5) is 11.5 Å². The quantitative estimate of drug-likeness (QED) is 0.130. The Morgan fingerprint density at radius 2 is 1.84 bits per heavy atom. The lowest BCUT2D eigenvalue weighted by Gasteiger charge is -2.26. The van der Waals surface area contributed by atoms with E-state index in [-0.39, 0.29) is 36.0 Å². The molecule has 1 fully saturated rings. The van der Waals surface area contributed by atoms with E-state index in [1.807, 2.05) is 26.4 Å². The summed E-state index contributed by atoms with van der Waals surface area (Å²) in [5, 5.41) is 12.5. The Labute approximate surface area is 268 Å². The van der Waals surface area contributed by atoms with E-state index in [1.54, 1.807) is 11.5 Å². The summed E-state index contributed by atoms with van der Waals surface area (Å²) in [5.41, 5.74) is 4.35. The minimum absolute atomic E-state index is 0.0374. The molecule has 11 heteroatoms. The zero-order chi connectivity index (χ0) is 33.3. The lowest BCUT2D eigenvalue weighted by Crippen LogP contribution is -2.29. The summed E-state index contributed by atoms with van der Waals surface area (Å²) >= 11 is 0. The second kappa shape index (κ2) is 15.6. The number of carbonyl (C=O) groups excluding carboxylic acids is 3. The fourth-order valence-electron chi connectivity index (χ4n) is 5.17. The molecule has 45 heavy (non-hydrogen) atoms. The monoisotopic (exact) mass is 620 g/mol. The zero-order valence-corrected chi connectivity index (χ0v) is 28.1. The summed E-state index contributed by atoms with van der Waals surface area (Å²) < 4.78 is 1.76. The van der Waals surface area contributed by atoms with Crippen molar-refractivity contribution in [3.8, 4) is 0 Å². The lowest BCUT2D eigenvalue weighted by atomic mass is 9.90. The van der Waals surface area contributed by atoms with Crippen LogP contribution in [-0.2, 0) is 11.8 Å². The van der Waals surface area contributed by atoms with Gasteiger partial charge in [-0.15, -0.1) is 0 Å². The lowest BCUT2D eigenvalue weighted by molar-refractivity contribution is -0.118. The van der Waals surface area contributed by atoms with E-state index in [0.29, 0.717) is 29.8 Å². The topological polar surface area (TPSA) is 136 Å². The van der Waals surface area contributed by atoms with Gasteiger partial charge in [0, 0.05) is 58.0 Å². The minimum Gasteiger partial charge on any atom is -0.384 e. The molecule has 0 radical (unpaired) electrons. The molecule has 0 bridgehead atoms. The summed E-state index contributed by atoms with van der Waals surface area (Å²) in [6.45, 7) is 20.2. The van der Waals surface area contributed by atoms with Crippen molar-refractivity contribution < 1.29 is 14.4 Å². The molecule has 5 N–H and O–H groups in total. The maximum atomic E-state index is 13.0. The van der Waals surface area contributed by atoms with Crippen LogP contribution in [0.3, 0.4) is 0 Å². The van der Waals surface area contributed by atoms with Gasteiger partial charge in [0.15, 0.2) is 5.82 Å². The van der Waals surface area contributed by atoms with Crippen LogP contribution in [0.2, 0.25) is 0 Å². The molecule has 1 saturated carbocycles. The highest BCUT2D eigenvalue weighted by Gasteiger charge is 2.42. The van der Waals surface area contributed by atoms with Gasteiger partial charge < -0.3 is 35.7 Å². The van der Waals surface area contributed by atoms with E-state index in [0.717, 1.165) is 49.3 Å². The van der Waals surface area contributed by atoms with Gasteiger partial charge in [0.1, 0.15) is 17.3 Å². The molecule has 1 aliphatic rings. The zero-order valence-electron chi connectivity index (χ0n) is 28.1. The van der Waals surface area contributed by atoms with E-state index >= 15 is 0 Å². The van der Waals surface area contributed by atoms with Crippen molar-refractivity contribution in [3.63, 3.8) is 0 Å². The number of hydrogen-bond acceptors (Lipinski definition) is 7. The number of Topliss-reactive ketones (excluding diaryl/α,β-unsaturated/α-hetero) is 1. The van der Waals surface area contributed by atoms with Crippen LogP contribution >= 0.6 is 0 Å². The second-order valence-electron chi connectivity index (χ2n) is 12.4. The second-order valence-corrected chi connectivity index (χ2v) is 12.4. The number of nitrogens with one attached hydrogen (secondary N) is 5. The largest absolute Gasteiger partial charge is 0.384 e. The molecule has 0 spiro atoms. The van der Waals surface area contributed by atoms with Crippen molar-refractivity contribution >= 4 is 29.1 Å². The van der Waals surface area contributed by atoms with Crippen molar-refractivity contribution in [1.82, 2.24) is 30.1 Å². The van der Waals surface area contributed by atoms with Crippen molar-refractivity contribution in [2.75, 3.05) is 30.8 Å². The Hall–Kier alpha value is -4.28. The third-order valence-corrected chi connectivity index (χ3v) is 8.53. The van der Waals surface area contributed by atoms with Crippen LogP contribution in [0.25, 0.3) is 0 Å². The highest BCUT2D eigenvalue weighted by molar-refractivity contribution is 6.03. The van der Waals surface area contributed by atoms with Gasteiger partial charge in [-0.2, -0.15) is 0 Å². The molecule has 2 aromatic heterocycles. The standard InChI is InChI=1S/C34H52N8O3/c1-10-23(5)28(22(3)4)21-41(8)25(7)24(6)35-17-15-34(13-14-34)40-26-18-29(42(9)20-26)32(44)39-30-19-37-31(38-30)33(45)36-16-12-27(43)11-2/h18-23,35,40H,6-7,10-17H2,1-5,8-9H3,(H,36,45)(H,37,38)(H,39,44)/b28-21-. The van der Waals surface area contributed by atoms with Crippen LogP contribution in [0.15, 0.2) is 54.8 Å². The summed E-state index contributed by atoms with van der Waals surface area (Å²) in [5.74, 6) is 0.652. The molecule has 11 nitrogen and oxygen atoms in total. The van der Waals surface area contributed by atoms with Gasteiger partial charge in [-0.3, -0.25) is 14.4 Å². The van der Waals surface area contributed by atoms with Crippen LogP contribution in [0.5, 0.6) is 0 Å². The van der Waals surface area contributed by atoms with Gasteiger partial charge in [0.05, 0.1) is 23.3 Å². The molecule has 1 atom stereocenters. The van der Waals surface area contributed by atoms with Gasteiger partial charge in [-0.05, 0) is 49.2 Å². The van der Waals surface area contributed by atoms with Gasteiger partial charge in [-0.1, -0.05) is 47.8 Å². The third kappa shape index (κ3) is 9.86. The van der Waals surface area contributed by atoms with E-state index in [4.69, 9.17) is 0 Å². The highest BCUT2D eigenvalue weighted by atomic mass is 16.2. The number of imidazole rings is 1. The van der Waals surface area contributed by atoms with E-state index < -0.39 is 5.91 Å². The number of aromatic amines is 1. The number of rotatable bonds is 19. The van der Waals surface area contributed by atoms with Crippen molar-refractivity contribution in [3.05, 3.63) is 66.3 Å². The number of ketones is 1. The average Bonchev–Trinajstić information content (AvgIpc) is 3.41. The number of carbonyl (C=O) groups is 3. The fraction of sp³-hybridized carbons (Fsp3) is 0.529. The molecule has 1 aliphatic carbocycles. The molecule has 3 rings (SSSR count). The Morgan fingerprint density at radius 3 is 2.47 bits per heavy atom. The third-order valence-electron chi connectivity index (χ3n) is 8.53. The molecule has 2 aromatic rings. The van der Waals surface area contributed by atoms with Crippen LogP contribution in [0, 0.1) is 11.8 Å². The first-order valence-electron chi connectivity index (χ1n) is 16.0. The number of aromatic nitrogens is 3. The molecular weight excluding hydrogens is 568 g/mol. The van der Waals surface area contributed by atoms with Crippen LogP contribution < -0.4 is 21.3 Å². The van der Waals surface area contributed by atoms with Crippen molar-refractivity contribution in [2.45, 2.75) is 78.7 Å². The normalized spacial score (nSPS) is 14.4. The number of anilines is 2. The van der Waals surface area contributed by atoms with Crippen molar-refractivity contribution in [1.29, 1.82) is 0 Å². The maximum absolute atomic E-state index is 13.0. The van der Waals surface area contributed by atoms with Gasteiger partial charge in [0.2, 0.25) is 0 Å². The number of likely N-dealkylation sites (N-methyl/N-ethyl adjacent to an activating group) is 1. The number of H-pyrrole nitrogens is 1. The fourth-order valence-corrected chi connectivity index (χ4v) is 5.17. The SMILES string of the molecule is C=C(NCCC1(Nc2cc(C(=O)Nc3cnc(C(=O)NCCC(=O)CC)[nH]3)n(C)c2)CC1)C(=C)N(C)/C=C(/C(C)C)C(C)CC. The Morgan fingerprint density at radius 1 is 1.13 bits per heavy atom. The molecule has 1 unspecified atom stereocenters. The molecule has 0 aliphatic heterocycles. The first kappa shape index (κ1) is 35.2. The summed E-state index contributed by atoms with van der Waals surface area (Å²) in [6, 6.07) is 1.82. The smallest absolute Gasteiger partial charge is 0.287 e. The summed E-state index contributed by atoms with van der Waals surface area (Å²) in [4.78, 5) is 45.7. The molecule has 0 aromatic carbocycles. The predicted octanol–water partition coefficient (Wildman–Crippen LogP) is 5.57. The maximum Gasteiger partial charge on any atom is 0.287 e. The Bertz CT molecular complexity index is 1410. The molecule has 2 amide bonds. The van der Waals surface area contributed by atoms with Gasteiger partial charge in [0.25, 0.3) is 11.8 Å². The number of amides is 2. The Kier molecular flexibility index (Phi) is 12.2. The first-order chi connectivity index (χ1) is 21.3. The summed E-state index contributed by atoms with van der Waals surface area (Å²) in [6.07, 6.45) is 10.3. The Balaban J connectivity index is 1.50. The summed E-state index contributed by atoms with van der Waals surface area (Å²) in [7, 11) is 3.84. The predicted molar refractivity (Wildman–Crippen MR) is 181 cm³/mol. The van der Waals surface area contributed by atoms with Crippen LogP contribution in [0.1, 0.15) is 94.3 Å². The molecular formula is C34H52N8O3. The number of nitrogens with zero attached hydrogens (tertiary/aromatic N) is 3. The van der Waals surface area contributed by atoms with Crippen LogP contribution in [-0.4, -0.2) is 62.7 Å².